The van der Waals surface area contributed by atoms with Crippen LogP contribution in [0.25, 0.3) is 27.8 Å². The molecular formula is C26H23ClN6. The lowest BCUT2D eigenvalue weighted by molar-refractivity contribution is 0.649. The SMILES string of the molecule is Cc1cccc(N2CCN(c3nc4c(-c5cccc(Cl)c5)nnn4c4ccccc34)CC2)c1. The van der Waals surface area contributed by atoms with Crippen molar-refractivity contribution in [3.63, 3.8) is 0 Å². The number of para-hydroxylation sites is 1. The van der Waals surface area contributed by atoms with Crippen molar-refractivity contribution in [3.05, 3.63) is 83.4 Å². The Morgan fingerprint density at radius 1 is 0.818 bits per heavy atom. The number of aryl methyl sites for hydroxylation is 1. The first-order chi connectivity index (χ1) is 16.2. The maximum atomic E-state index is 6.25. The largest absolute Gasteiger partial charge is 0.368 e. The van der Waals surface area contributed by atoms with E-state index < -0.39 is 0 Å². The van der Waals surface area contributed by atoms with Crippen molar-refractivity contribution in [2.45, 2.75) is 6.92 Å². The van der Waals surface area contributed by atoms with E-state index in [0.29, 0.717) is 5.02 Å². The molecule has 7 heteroatoms. The monoisotopic (exact) mass is 454 g/mol. The van der Waals surface area contributed by atoms with Gasteiger partial charge in [0, 0.05) is 47.8 Å². The zero-order valence-corrected chi connectivity index (χ0v) is 19.1. The van der Waals surface area contributed by atoms with Gasteiger partial charge in [-0.25, -0.2) is 4.98 Å². The van der Waals surface area contributed by atoms with Crippen LogP contribution in [0, 0.1) is 6.92 Å². The van der Waals surface area contributed by atoms with Crippen molar-refractivity contribution in [2.75, 3.05) is 36.0 Å². The summed E-state index contributed by atoms with van der Waals surface area (Å²) in [5.74, 6) is 0.979. The minimum atomic E-state index is 0.668. The molecule has 0 aliphatic carbocycles. The van der Waals surface area contributed by atoms with Crippen LogP contribution >= 0.6 is 11.6 Å². The van der Waals surface area contributed by atoms with E-state index in [2.05, 4.69) is 69.5 Å². The highest BCUT2D eigenvalue weighted by Crippen LogP contribution is 2.31. The number of fused-ring (bicyclic) bond motifs is 3. The fraction of sp³-hybridized carbons (Fsp3) is 0.192. The quantitative estimate of drug-likeness (QED) is 0.373. The molecule has 0 radical (unpaired) electrons. The highest BCUT2D eigenvalue weighted by atomic mass is 35.5. The molecule has 164 valence electrons. The summed E-state index contributed by atoms with van der Waals surface area (Å²) in [4.78, 5) is 9.93. The van der Waals surface area contributed by atoms with Crippen molar-refractivity contribution < 1.29 is 0 Å². The van der Waals surface area contributed by atoms with Crippen LogP contribution in [0.1, 0.15) is 5.56 Å². The number of rotatable bonds is 3. The fourth-order valence-corrected chi connectivity index (χ4v) is 4.80. The van der Waals surface area contributed by atoms with Crippen molar-refractivity contribution in [2.24, 2.45) is 0 Å². The predicted molar refractivity (Wildman–Crippen MR) is 134 cm³/mol. The van der Waals surface area contributed by atoms with E-state index in [4.69, 9.17) is 16.6 Å². The molecule has 5 aromatic rings. The summed E-state index contributed by atoms with van der Waals surface area (Å²) >= 11 is 6.25. The first-order valence-electron chi connectivity index (χ1n) is 11.1. The second-order valence-corrected chi connectivity index (χ2v) is 8.89. The number of halogens is 1. The van der Waals surface area contributed by atoms with Gasteiger partial charge in [0.1, 0.15) is 11.5 Å². The molecule has 1 saturated heterocycles. The van der Waals surface area contributed by atoms with E-state index in [1.165, 1.54) is 11.3 Å². The Hall–Kier alpha value is -3.64. The number of piperazine rings is 1. The number of benzene rings is 3. The van der Waals surface area contributed by atoms with Gasteiger partial charge in [-0.2, -0.15) is 4.52 Å². The second-order valence-electron chi connectivity index (χ2n) is 8.45. The predicted octanol–water partition coefficient (Wildman–Crippen LogP) is 5.23. The van der Waals surface area contributed by atoms with E-state index >= 15 is 0 Å². The second kappa shape index (κ2) is 8.05. The molecule has 0 saturated carbocycles. The van der Waals surface area contributed by atoms with Crippen molar-refractivity contribution in [1.29, 1.82) is 0 Å². The number of hydrogen-bond donors (Lipinski definition) is 0. The first kappa shape index (κ1) is 20.0. The van der Waals surface area contributed by atoms with Gasteiger partial charge in [0.15, 0.2) is 5.65 Å². The Balaban J connectivity index is 1.41. The number of nitrogens with zero attached hydrogens (tertiary/aromatic N) is 6. The molecule has 1 aliphatic heterocycles. The number of aromatic nitrogens is 4. The van der Waals surface area contributed by atoms with Crippen molar-refractivity contribution in [1.82, 2.24) is 19.8 Å². The Labute approximate surface area is 197 Å². The minimum absolute atomic E-state index is 0.668. The van der Waals surface area contributed by atoms with E-state index in [1.54, 1.807) is 0 Å². The summed E-state index contributed by atoms with van der Waals surface area (Å²) in [6.07, 6.45) is 0. The molecule has 0 atom stereocenters. The van der Waals surface area contributed by atoms with Crippen LogP contribution in [-0.2, 0) is 0 Å². The van der Waals surface area contributed by atoms with Gasteiger partial charge in [-0.15, -0.1) is 5.10 Å². The molecule has 6 nitrogen and oxygen atoms in total. The Morgan fingerprint density at radius 3 is 2.42 bits per heavy atom. The van der Waals surface area contributed by atoms with E-state index in [0.717, 1.165) is 59.8 Å². The Bertz CT molecular complexity index is 1470. The average Bonchev–Trinajstić information content (AvgIpc) is 3.28. The molecular weight excluding hydrogens is 432 g/mol. The van der Waals surface area contributed by atoms with E-state index in [1.807, 2.05) is 34.8 Å². The zero-order valence-electron chi connectivity index (χ0n) is 18.3. The van der Waals surface area contributed by atoms with Crippen LogP contribution in [-0.4, -0.2) is 46.0 Å². The molecule has 33 heavy (non-hydrogen) atoms. The fourth-order valence-electron chi connectivity index (χ4n) is 4.61. The summed E-state index contributed by atoms with van der Waals surface area (Å²) in [6.45, 7) is 5.83. The summed E-state index contributed by atoms with van der Waals surface area (Å²) in [5.41, 5.74) is 5.96. The standard InChI is InChI=1S/C26H23ClN6/c1-18-6-4-9-21(16-18)31-12-14-32(15-13-31)25-22-10-2-3-11-23(22)33-26(28-25)24(29-30-33)19-7-5-8-20(27)17-19/h2-11,16-17H,12-15H2,1H3. The molecule has 0 bridgehead atoms. The molecule has 3 heterocycles. The minimum Gasteiger partial charge on any atom is -0.368 e. The van der Waals surface area contributed by atoms with E-state index in [9.17, 15) is 0 Å². The van der Waals surface area contributed by atoms with Crippen LogP contribution in [0.2, 0.25) is 5.02 Å². The topological polar surface area (TPSA) is 49.6 Å². The van der Waals surface area contributed by atoms with Gasteiger partial charge < -0.3 is 9.80 Å². The molecule has 0 spiro atoms. The number of hydrogen-bond acceptors (Lipinski definition) is 5. The molecule has 0 unspecified atom stereocenters. The lowest BCUT2D eigenvalue weighted by Crippen LogP contribution is -2.47. The normalized spacial score (nSPS) is 14.4. The van der Waals surface area contributed by atoms with Crippen LogP contribution < -0.4 is 9.80 Å². The third-order valence-corrected chi connectivity index (χ3v) is 6.51. The van der Waals surface area contributed by atoms with Gasteiger partial charge in [0.05, 0.1) is 5.52 Å². The van der Waals surface area contributed by atoms with Gasteiger partial charge in [-0.05, 0) is 48.9 Å². The molecule has 1 aliphatic rings. The maximum Gasteiger partial charge on any atom is 0.186 e. The summed E-state index contributed by atoms with van der Waals surface area (Å²) < 4.78 is 1.83. The van der Waals surface area contributed by atoms with E-state index in [-0.39, 0.29) is 0 Å². The molecule has 1 fully saturated rings. The smallest absolute Gasteiger partial charge is 0.186 e. The van der Waals surface area contributed by atoms with Gasteiger partial charge >= 0.3 is 0 Å². The first-order valence-corrected chi connectivity index (χ1v) is 11.5. The Morgan fingerprint density at radius 2 is 1.61 bits per heavy atom. The van der Waals surface area contributed by atoms with Gasteiger partial charge in [0.2, 0.25) is 0 Å². The van der Waals surface area contributed by atoms with Crippen LogP contribution in [0.3, 0.4) is 0 Å². The van der Waals surface area contributed by atoms with Crippen LogP contribution in [0.5, 0.6) is 0 Å². The van der Waals surface area contributed by atoms with Crippen LogP contribution in [0.4, 0.5) is 11.5 Å². The van der Waals surface area contributed by atoms with Crippen molar-refractivity contribution in [3.8, 4) is 11.3 Å². The average molecular weight is 455 g/mol. The summed E-state index contributed by atoms with van der Waals surface area (Å²) in [6, 6.07) is 24.7. The lowest BCUT2D eigenvalue weighted by atomic mass is 10.1. The molecule has 0 amide bonds. The Kier molecular flexibility index (Phi) is 4.88. The molecule has 3 aromatic carbocycles. The molecule has 0 N–H and O–H groups in total. The van der Waals surface area contributed by atoms with Gasteiger partial charge in [-0.3, -0.25) is 0 Å². The number of anilines is 2. The van der Waals surface area contributed by atoms with Gasteiger partial charge in [0.25, 0.3) is 0 Å². The third kappa shape index (κ3) is 3.56. The highest BCUT2D eigenvalue weighted by molar-refractivity contribution is 6.30. The zero-order chi connectivity index (χ0) is 22.4. The van der Waals surface area contributed by atoms with Crippen LogP contribution in [0.15, 0.2) is 72.8 Å². The maximum absolute atomic E-state index is 6.25. The lowest BCUT2D eigenvalue weighted by Gasteiger charge is -2.37. The van der Waals surface area contributed by atoms with Crippen molar-refractivity contribution >= 4 is 39.7 Å². The highest BCUT2D eigenvalue weighted by Gasteiger charge is 2.23. The van der Waals surface area contributed by atoms with Gasteiger partial charge in [-0.1, -0.05) is 53.2 Å². The summed E-state index contributed by atoms with van der Waals surface area (Å²) in [7, 11) is 0. The molecule has 6 rings (SSSR count). The molecule has 2 aromatic heterocycles. The third-order valence-electron chi connectivity index (χ3n) is 6.28. The summed E-state index contributed by atoms with van der Waals surface area (Å²) in [5, 5.41) is 10.7.